The van der Waals surface area contributed by atoms with Gasteiger partial charge in [0.15, 0.2) is 12.2 Å². The van der Waals surface area contributed by atoms with Gasteiger partial charge in [-0.2, -0.15) is 13.2 Å². The van der Waals surface area contributed by atoms with E-state index in [1.165, 1.54) is 12.6 Å². The Bertz CT molecular complexity index is 683. The van der Waals surface area contributed by atoms with Crippen LogP contribution in [0, 0.1) is 0 Å². The van der Waals surface area contributed by atoms with Crippen LogP contribution in [0.1, 0.15) is 5.56 Å². The highest BCUT2D eigenvalue weighted by Crippen LogP contribution is 2.36. The first-order chi connectivity index (χ1) is 8.55. The minimum atomic E-state index is -4.39. The third kappa shape index (κ3) is 1.66. The molecular weight excluding hydrogens is 245 g/mol. The van der Waals surface area contributed by atoms with Crippen molar-refractivity contribution >= 4 is 10.9 Å². The Morgan fingerprint density at radius 2 is 2.06 bits per heavy atom. The fourth-order valence-corrected chi connectivity index (χ4v) is 1.88. The average Bonchev–Trinajstić information content (AvgIpc) is 2.97. The topological polar surface area (TPSA) is 41.8 Å². The van der Waals surface area contributed by atoms with Gasteiger partial charge in [-0.15, -0.1) is 0 Å². The van der Waals surface area contributed by atoms with Gasteiger partial charge >= 0.3 is 6.18 Å². The normalized spacial score (nSPS) is 12.2. The number of alkyl halides is 3. The minimum absolute atomic E-state index is 0.311. The molecule has 1 aromatic carbocycles. The van der Waals surface area contributed by atoms with Crippen molar-refractivity contribution in [2.45, 2.75) is 6.18 Å². The first kappa shape index (κ1) is 10.9. The van der Waals surface area contributed by atoms with Crippen LogP contribution in [-0.4, -0.2) is 9.97 Å². The summed E-state index contributed by atoms with van der Waals surface area (Å²) in [4.78, 5) is 6.50. The van der Waals surface area contributed by atoms with Crippen molar-refractivity contribution in [3.8, 4) is 11.3 Å². The minimum Gasteiger partial charge on any atom is -0.443 e. The number of aromatic amines is 1. The van der Waals surface area contributed by atoms with Crippen LogP contribution in [0.4, 0.5) is 13.2 Å². The zero-order valence-corrected chi connectivity index (χ0v) is 8.95. The molecule has 2 heterocycles. The summed E-state index contributed by atoms with van der Waals surface area (Å²) in [7, 11) is 0. The highest BCUT2D eigenvalue weighted by atomic mass is 19.4. The van der Waals surface area contributed by atoms with Gasteiger partial charge < -0.3 is 9.40 Å². The third-order valence-electron chi connectivity index (χ3n) is 2.69. The number of benzene rings is 1. The Kier molecular flexibility index (Phi) is 2.19. The number of H-pyrrole nitrogens is 1. The predicted molar refractivity (Wildman–Crippen MR) is 58.8 cm³/mol. The van der Waals surface area contributed by atoms with Crippen LogP contribution in [0.3, 0.4) is 0 Å². The predicted octanol–water partition coefficient (Wildman–Crippen LogP) is 3.84. The molecule has 0 atom stereocenters. The largest absolute Gasteiger partial charge is 0.443 e. The first-order valence-electron chi connectivity index (χ1n) is 5.13. The number of nitrogens with one attached hydrogen (secondary N) is 1. The van der Waals surface area contributed by atoms with E-state index in [-0.39, 0.29) is 0 Å². The van der Waals surface area contributed by atoms with Crippen LogP contribution in [0.2, 0.25) is 0 Å². The molecule has 0 bridgehead atoms. The molecule has 0 radical (unpaired) electrons. The second-order valence-corrected chi connectivity index (χ2v) is 3.83. The van der Waals surface area contributed by atoms with Crippen LogP contribution < -0.4 is 0 Å². The number of aromatic nitrogens is 2. The molecule has 92 valence electrons. The zero-order chi connectivity index (χ0) is 12.8. The molecule has 1 N–H and O–H groups in total. The van der Waals surface area contributed by atoms with Crippen LogP contribution >= 0.6 is 0 Å². The molecule has 3 aromatic rings. The molecule has 0 saturated carbocycles. The van der Waals surface area contributed by atoms with E-state index >= 15 is 0 Å². The lowest BCUT2D eigenvalue weighted by atomic mass is 10.0. The van der Waals surface area contributed by atoms with Crippen molar-refractivity contribution in [3.63, 3.8) is 0 Å². The van der Waals surface area contributed by atoms with Gasteiger partial charge in [-0.3, -0.25) is 0 Å². The van der Waals surface area contributed by atoms with Crippen molar-refractivity contribution in [1.82, 2.24) is 9.97 Å². The van der Waals surface area contributed by atoms with Crippen molar-refractivity contribution < 1.29 is 17.6 Å². The zero-order valence-electron chi connectivity index (χ0n) is 8.95. The molecule has 3 nitrogen and oxygen atoms in total. The summed E-state index contributed by atoms with van der Waals surface area (Å²) < 4.78 is 43.4. The molecule has 0 aliphatic carbocycles. The lowest BCUT2D eigenvalue weighted by molar-refractivity contribution is -0.137. The summed E-state index contributed by atoms with van der Waals surface area (Å²) in [5, 5.41) is 0.666. The lowest BCUT2D eigenvalue weighted by Crippen LogP contribution is -2.04. The van der Waals surface area contributed by atoms with Crippen molar-refractivity contribution in [1.29, 1.82) is 0 Å². The van der Waals surface area contributed by atoms with Crippen molar-refractivity contribution in [2.24, 2.45) is 0 Å². The second-order valence-electron chi connectivity index (χ2n) is 3.83. The fourth-order valence-electron chi connectivity index (χ4n) is 1.88. The molecule has 2 aromatic heterocycles. The number of oxazole rings is 1. The maximum atomic E-state index is 12.8. The van der Waals surface area contributed by atoms with Crippen LogP contribution in [0.5, 0.6) is 0 Å². The van der Waals surface area contributed by atoms with Gasteiger partial charge in [0.05, 0.1) is 11.8 Å². The van der Waals surface area contributed by atoms with Crippen molar-refractivity contribution in [2.75, 3.05) is 0 Å². The number of hydrogen-bond donors (Lipinski definition) is 1. The summed E-state index contributed by atoms with van der Waals surface area (Å²) in [6.07, 6.45) is -0.227. The van der Waals surface area contributed by atoms with Crippen LogP contribution in [0.25, 0.3) is 22.2 Å². The van der Waals surface area contributed by atoms with E-state index in [0.717, 1.165) is 12.1 Å². The summed E-state index contributed by atoms with van der Waals surface area (Å²) in [6, 6.07) is 3.85. The third-order valence-corrected chi connectivity index (χ3v) is 2.69. The Balaban J connectivity index is 2.32. The van der Waals surface area contributed by atoms with Gasteiger partial charge in [-0.25, -0.2) is 4.98 Å². The lowest BCUT2D eigenvalue weighted by Gasteiger charge is -2.09. The number of nitrogens with zero attached hydrogens (tertiary/aromatic N) is 1. The Hall–Kier alpha value is -2.24. The molecule has 0 amide bonds. The van der Waals surface area contributed by atoms with E-state index in [0.29, 0.717) is 22.2 Å². The van der Waals surface area contributed by atoms with Gasteiger partial charge in [-0.05, 0) is 18.2 Å². The number of fused-ring (bicyclic) bond motifs is 1. The SMILES string of the molecule is FC(F)(F)c1cc(-c2cnco2)c2cc[nH]c2c1. The fraction of sp³-hybridized carbons (Fsp3) is 0.0833. The van der Waals surface area contributed by atoms with E-state index in [1.807, 2.05) is 0 Å². The summed E-state index contributed by atoms with van der Waals surface area (Å²) >= 11 is 0. The van der Waals surface area contributed by atoms with Gasteiger partial charge in [0, 0.05) is 22.7 Å². The molecule has 0 unspecified atom stereocenters. The molecule has 0 fully saturated rings. The molecule has 0 aliphatic rings. The standard InChI is InChI=1S/C12H7F3N2O/c13-12(14,15)7-3-9(11-5-16-6-18-11)8-1-2-17-10(8)4-7/h1-6,17H. The van der Waals surface area contributed by atoms with Crippen LogP contribution in [0.15, 0.2) is 41.4 Å². The molecule has 0 saturated heterocycles. The second kappa shape index (κ2) is 3.63. The molecular formula is C12H7F3N2O. The maximum Gasteiger partial charge on any atom is 0.416 e. The Labute approximate surface area is 99.3 Å². The van der Waals surface area contributed by atoms with Crippen molar-refractivity contribution in [3.05, 3.63) is 42.5 Å². The summed E-state index contributed by atoms with van der Waals surface area (Å²) in [5.41, 5.74) is 0.0682. The molecule has 3 rings (SSSR count). The van der Waals surface area contributed by atoms with Crippen LogP contribution in [-0.2, 0) is 6.18 Å². The first-order valence-corrected chi connectivity index (χ1v) is 5.13. The van der Waals surface area contributed by atoms with E-state index in [2.05, 4.69) is 9.97 Å². The van der Waals surface area contributed by atoms with Gasteiger partial charge in [-0.1, -0.05) is 0 Å². The van der Waals surface area contributed by atoms with Gasteiger partial charge in [0.25, 0.3) is 0 Å². The van der Waals surface area contributed by atoms with E-state index < -0.39 is 11.7 Å². The quantitative estimate of drug-likeness (QED) is 0.714. The summed E-state index contributed by atoms with van der Waals surface area (Å²) in [5.74, 6) is 0.311. The smallest absolute Gasteiger partial charge is 0.416 e. The molecule has 18 heavy (non-hydrogen) atoms. The van der Waals surface area contributed by atoms with E-state index in [1.54, 1.807) is 12.3 Å². The molecule has 0 aliphatic heterocycles. The maximum absolute atomic E-state index is 12.8. The number of rotatable bonds is 1. The monoisotopic (exact) mass is 252 g/mol. The van der Waals surface area contributed by atoms with Gasteiger partial charge in [0.2, 0.25) is 0 Å². The molecule has 0 spiro atoms. The molecule has 6 heteroatoms. The van der Waals surface area contributed by atoms with Gasteiger partial charge in [0.1, 0.15) is 0 Å². The van der Waals surface area contributed by atoms with E-state index in [9.17, 15) is 13.2 Å². The number of hydrogen-bond acceptors (Lipinski definition) is 2. The number of halogens is 3. The Morgan fingerprint density at radius 1 is 1.22 bits per heavy atom. The highest BCUT2D eigenvalue weighted by Gasteiger charge is 2.31. The highest BCUT2D eigenvalue weighted by molar-refractivity contribution is 5.94. The Morgan fingerprint density at radius 3 is 2.72 bits per heavy atom. The van der Waals surface area contributed by atoms with E-state index in [4.69, 9.17) is 4.42 Å². The summed E-state index contributed by atoms with van der Waals surface area (Å²) in [6.45, 7) is 0. The average molecular weight is 252 g/mol.